The Bertz CT molecular complexity index is 935. The highest BCUT2D eigenvalue weighted by Gasteiger charge is 2.59. The van der Waals surface area contributed by atoms with E-state index in [0.717, 1.165) is 29.3 Å². The minimum absolute atomic E-state index is 0.00860. The lowest BCUT2D eigenvalue weighted by molar-refractivity contribution is -0.122. The molecule has 2 atom stereocenters. The van der Waals surface area contributed by atoms with E-state index in [1.807, 2.05) is 55.6 Å². The van der Waals surface area contributed by atoms with Crippen LogP contribution in [0.15, 0.2) is 48.5 Å². The predicted molar refractivity (Wildman–Crippen MR) is 105 cm³/mol. The third kappa shape index (κ3) is 2.42. The Balaban J connectivity index is 1.56. The third-order valence-corrected chi connectivity index (χ3v) is 5.82. The van der Waals surface area contributed by atoms with Crippen LogP contribution in [0, 0.1) is 0 Å². The van der Waals surface area contributed by atoms with Crippen LogP contribution in [0.25, 0.3) is 0 Å². The number of hydrogen-bond donors (Lipinski definition) is 1. The zero-order valence-corrected chi connectivity index (χ0v) is 15.7. The molecule has 2 fully saturated rings. The van der Waals surface area contributed by atoms with E-state index in [1.54, 1.807) is 4.90 Å². The van der Waals surface area contributed by atoms with Crippen molar-refractivity contribution in [3.8, 4) is 11.5 Å². The van der Waals surface area contributed by atoms with Crippen LogP contribution >= 0.6 is 12.2 Å². The number of para-hydroxylation sites is 1. The third-order valence-electron chi connectivity index (χ3n) is 5.54. The van der Waals surface area contributed by atoms with Crippen LogP contribution in [0.3, 0.4) is 0 Å². The normalized spacial score (nSPS) is 26.9. The van der Waals surface area contributed by atoms with Gasteiger partial charge in [0.2, 0.25) is 6.79 Å². The second-order valence-electron chi connectivity index (χ2n) is 7.24. The molecule has 6 nitrogen and oxygen atoms in total. The Hall–Kier alpha value is -2.64. The number of rotatable bonds is 2. The molecule has 0 aromatic heterocycles. The van der Waals surface area contributed by atoms with Gasteiger partial charge in [0.05, 0.1) is 5.69 Å². The smallest absolute Gasteiger partial charge is 0.261 e. The lowest BCUT2D eigenvalue weighted by Gasteiger charge is -2.28. The van der Waals surface area contributed by atoms with Gasteiger partial charge in [0.25, 0.3) is 5.91 Å². The number of fused-ring (bicyclic) bond motifs is 1. The monoisotopic (exact) mass is 381 g/mol. The molecule has 1 N–H and O–H groups in total. The molecule has 3 aliphatic rings. The van der Waals surface area contributed by atoms with Gasteiger partial charge in [-0.3, -0.25) is 9.69 Å². The van der Waals surface area contributed by atoms with E-state index in [9.17, 15) is 4.79 Å². The van der Waals surface area contributed by atoms with Gasteiger partial charge in [0, 0.05) is 19.0 Å². The molecule has 0 saturated carbocycles. The molecular weight excluding hydrogens is 362 g/mol. The largest absolute Gasteiger partial charge is 0.454 e. The summed E-state index contributed by atoms with van der Waals surface area (Å²) < 4.78 is 11.0. The summed E-state index contributed by atoms with van der Waals surface area (Å²) in [4.78, 5) is 17.4. The number of likely N-dealkylation sites (tertiary alicyclic amines) is 1. The van der Waals surface area contributed by atoms with Crippen LogP contribution in [-0.4, -0.2) is 48.4 Å². The van der Waals surface area contributed by atoms with Gasteiger partial charge in [-0.05, 0) is 49.1 Å². The second-order valence-corrected chi connectivity index (χ2v) is 7.63. The molecule has 2 saturated heterocycles. The number of ether oxygens (including phenoxy) is 2. The van der Waals surface area contributed by atoms with E-state index in [2.05, 4.69) is 10.2 Å². The first-order valence-corrected chi connectivity index (χ1v) is 9.29. The molecule has 0 bridgehead atoms. The molecule has 7 heteroatoms. The second kappa shape index (κ2) is 5.94. The fraction of sp³-hybridized carbons (Fsp3) is 0.300. The van der Waals surface area contributed by atoms with Crippen molar-refractivity contribution < 1.29 is 14.3 Å². The van der Waals surface area contributed by atoms with Gasteiger partial charge in [0.1, 0.15) is 5.54 Å². The first-order chi connectivity index (χ1) is 13.1. The Kier molecular flexibility index (Phi) is 3.63. The van der Waals surface area contributed by atoms with Crippen molar-refractivity contribution in [3.63, 3.8) is 0 Å². The number of anilines is 1. The Labute approximate surface area is 162 Å². The Morgan fingerprint density at radius 1 is 1.15 bits per heavy atom. The van der Waals surface area contributed by atoms with Crippen LogP contribution in [0.5, 0.6) is 11.5 Å². The fourth-order valence-electron chi connectivity index (χ4n) is 4.33. The van der Waals surface area contributed by atoms with Crippen molar-refractivity contribution in [2.75, 3.05) is 31.8 Å². The van der Waals surface area contributed by atoms with Gasteiger partial charge in [0.15, 0.2) is 16.6 Å². The van der Waals surface area contributed by atoms with Gasteiger partial charge in [-0.2, -0.15) is 0 Å². The van der Waals surface area contributed by atoms with E-state index in [-0.39, 0.29) is 18.6 Å². The highest BCUT2D eigenvalue weighted by atomic mass is 32.1. The number of benzene rings is 2. The lowest BCUT2D eigenvalue weighted by Crippen LogP contribution is -2.52. The molecule has 0 radical (unpaired) electrons. The van der Waals surface area contributed by atoms with Crippen LogP contribution in [0.4, 0.5) is 5.69 Å². The predicted octanol–water partition coefficient (Wildman–Crippen LogP) is 2.10. The van der Waals surface area contributed by atoms with E-state index in [1.165, 1.54) is 0 Å². The lowest BCUT2D eigenvalue weighted by atomic mass is 9.81. The maximum atomic E-state index is 13.6. The van der Waals surface area contributed by atoms with Crippen molar-refractivity contribution in [2.24, 2.45) is 0 Å². The number of nitrogens with zero attached hydrogens (tertiary/aromatic N) is 2. The van der Waals surface area contributed by atoms with Gasteiger partial charge >= 0.3 is 0 Å². The number of likely N-dealkylation sites (N-methyl/N-ethyl adjacent to an activating group) is 1. The summed E-state index contributed by atoms with van der Waals surface area (Å²) in [6.07, 6.45) is 0. The molecule has 3 aliphatic heterocycles. The van der Waals surface area contributed by atoms with E-state index < -0.39 is 5.54 Å². The van der Waals surface area contributed by atoms with E-state index in [4.69, 9.17) is 21.7 Å². The summed E-state index contributed by atoms with van der Waals surface area (Å²) in [5.74, 6) is 1.42. The SMILES string of the molecule is CN1C[C@@H](c2ccc3c(c2)OCO3)[C@]2(C1)NC(=S)N(c1ccccc1)C2=O. The fourth-order valence-corrected chi connectivity index (χ4v) is 4.71. The quantitative estimate of drug-likeness (QED) is 0.805. The van der Waals surface area contributed by atoms with E-state index >= 15 is 0 Å². The van der Waals surface area contributed by atoms with Crippen molar-refractivity contribution in [1.82, 2.24) is 10.2 Å². The zero-order chi connectivity index (χ0) is 18.6. The number of carbonyl (C=O) groups excluding carboxylic acids is 1. The van der Waals surface area contributed by atoms with Crippen LogP contribution in [0.1, 0.15) is 11.5 Å². The average molecular weight is 381 g/mol. The molecule has 2 aromatic rings. The number of thiocarbonyl (C=S) groups is 1. The van der Waals surface area contributed by atoms with Crippen molar-refractivity contribution >= 4 is 28.9 Å². The molecule has 3 heterocycles. The molecule has 0 aliphatic carbocycles. The minimum atomic E-state index is -0.782. The van der Waals surface area contributed by atoms with Gasteiger partial charge in [-0.25, -0.2) is 0 Å². The van der Waals surface area contributed by atoms with Gasteiger partial charge in [-0.1, -0.05) is 24.3 Å². The highest BCUT2D eigenvalue weighted by molar-refractivity contribution is 7.80. The van der Waals surface area contributed by atoms with Crippen LogP contribution in [-0.2, 0) is 4.79 Å². The molecule has 0 unspecified atom stereocenters. The summed E-state index contributed by atoms with van der Waals surface area (Å²) >= 11 is 5.56. The van der Waals surface area contributed by atoms with Crippen molar-refractivity contribution in [2.45, 2.75) is 11.5 Å². The molecule has 1 amide bonds. The van der Waals surface area contributed by atoms with Crippen LogP contribution in [0.2, 0.25) is 0 Å². The Morgan fingerprint density at radius 3 is 2.74 bits per heavy atom. The molecule has 1 spiro atoms. The zero-order valence-electron chi connectivity index (χ0n) is 14.8. The Morgan fingerprint density at radius 2 is 1.93 bits per heavy atom. The van der Waals surface area contributed by atoms with Gasteiger partial charge in [-0.15, -0.1) is 0 Å². The van der Waals surface area contributed by atoms with E-state index in [0.29, 0.717) is 11.7 Å². The van der Waals surface area contributed by atoms with Crippen molar-refractivity contribution in [3.05, 3.63) is 54.1 Å². The topological polar surface area (TPSA) is 54.0 Å². The molecular formula is C20H19N3O3S. The number of hydrogen-bond acceptors (Lipinski definition) is 5. The molecule has 138 valence electrons. The summed E-state index contributed by atoms with van der Waals surface area (Å²) in [6.45, 7) is 1.58. The maximum absolute atomic E-state index is 13.6. The molecule has 2 aromatic carbocycles. The molecule has 5 rings (SSSR count). The summed E-state index contributed by atoms with van der Waals surface area (Å²) in [5, 5.41) is 3.82. The summed E-state index contributed by atoms with van der Waals surface area (Å²) in [7, 11) is 2.03. The number of nitrogens with one attached hydrogen (secondary N) is 1. The average Bonchev–Trinajstić information content (AvgIpc) is 3.32. The maximum Gasteiger partial charge on any atom is 0.261 e. The van der Waals surface area contributed by atoms with Gasteiger partial charge < -0.3 is 19.7 Å². The van der Waals surface area contributed by atoms with Crippen LogP contribution < -0.4 is 19.7 Å². The summed E-state index contributed by atoms with van der Waals surface area (Å²) in [5.41, 5.74) is 1.05. The summed E-state index contributed by atoms with van der Waals surface area (Å²) in [6, 6.07) is 15.5. The number of amides is 1. The standard InChI is InChI=1S/C20H19N3O3S/c1-22-10-15(13-7-8-16-17(9-13)26-12-25-16)20(11-22)18(24)23(19(27)21-20)14-5-3-2-4-6-14/h2-9,15H,10-12H2,1H3,(H,21,27)/t15-,20-/m0/s1. The minimum Gasteiger partial charge on any atom is -0.454 e. The van der Waals surface area contributed by atoms with Crippen molar-refractivity contribution in [1.29, 1.82) is 0 Å². The highest BCUT2D eigenvalue weighted by Crippen LogP contribution is 2.43. The first-order valence-electron chi connectivity index (χ1n) is 8.88. The molecule has 27 heavy (non-hydrogen) atoms. The number of carbonyl (C=O) groups is 1. The first kappa shape index (κ1) is 16.5.